The summed E-state index contributed by atoms with van der Waals surface area (Å²) in [4.78, 5) is 17.9. The maximum atomic E-state index is 5.87. The third kappa shape index (κ3) is 2.49. The number of anilines is 3. The van der Waals surface area contributed by atoms with Crippen LogP contribution in [0.5, 0.6) is 0 Å². The third-order valence-corrected chi connectivity index (χ3v) is 4.46. The van der Waals surface area contributed by atoms with Gasteiger partial charge in [0, 0.05) is 26.2 Å². The summed E-state index contributed by atoms with van der Waals surface area (Å²) in [6.07, 6.45) is 5.26. The number of nitrogens with two attached hydrogens (primary N) is 1. The van der Waals surface area contributed by atoms with E-state index in [2.05, 4.69) is 30.2 Å². The van der Waals surface area contributed by atoms with Crippen LogP contribution in [0.15, 0.2) is 0 Å². The largest absolute Gasteiger partial charge is 0.371 e. The van der Waals surface area contributed by atoms with Crippen molar-refractivity contribution in [2.24, 2.45) is 5.84 Å². The molecule has 8 heteroatoms. The Bertz CT molecular complexity index is 507. The molecule has 4 heterocycles. The monoisotopic (exact) mass is 291 g/mol. The second-order valence-corrected chi connectivity index (χ2v) is 5.96. The zero-order chi connectivity index (χ0) is 14.2. The molecular weight excluding hydrogens is 270 g/mol. The summed E-state index contributed by atoms with van der Waals surface area (Å²) >= 11 is 0. The minimum absolute atomic E-state index is 0.310. The maximum absolute atomic E-state index is 5.87. The van der Waals surface area contributed by atoms with E-state index in [4.69, 9.17) is 10.6 Å². The minimum atomic E-state index is 0.310. The van der Waals surface area contributed by atoms with Crippen LogP contribution >= 0.6 is 0 Å². The van der Waals surface area contributed by atoms with Crippen molar-refractivity contribution in [2.75, 3.05) is 41.4 Å². The molecule has 2 unspecified atom stereocenters. The molecule has 114 valence electrons. The fourth-order valence-electron chi connectivity index (χ4n) is 3.40. The lowest BCUT2D eigenvalue weighted by atomic mass is 10.2. The van der Waals surface area contributed by atoms with Crippen molar-refractivity contribution >= 4 is 17.8 Å². The fraction of sp³-hybridized carbons (Fsp3) is 0.769. The Morgan fingerprint density at radius 1 is 0.952 bits per heavy atom. The smallest absolute Gasteiger partial charge is 0.243 e. The zero-order valence-electron chi connectivity index (χ0n) is 12.0. The van der Waals surface area contributed by atoms with Crippen molar-refractivity contribution < 1.29 is 4.74 Å². The van der Waals surface area contributed by atoms with Crippen LogP contribution in [0.2, 0.25) is 0 Å². The standard InChI is InChI=1S/C13H21N7O/c14-18-11-15-12(19-5-1-2-6-19)17-13(16-11)20-7-9-3-4-10(8-20)21-9/h9-10H,1-8,14H2,(H,15,16,17,18). The van der Waals surface area contributed by atoms with Crippen LogP contribution in [0.4, 0.5) is 17.8 Å². The molecule has 1 aromatic rings. The number of aromatic nitrogens is 3. The van der Waals surface area contributed by atoms with E-state index in [-0.39, 0.29) is 0 Å². The number of hydrazine groups is 1. The quantitative estimate of drug-likeness (QED) is 0.599. The second-order valence-electron chi connectivity index (χ2n) is 5.96. The Hall–Kier alpha value is -1.67. The number of nitrogens with zero attached hydrogens (tertiary/aromatic N) is 5. The normalized spacial score (nSPS) is 28.2. The fourth-order valence-corrected chi connectivity index (χ4v) is 3.40. The first kappa shape index (κ1) is 13.0. The van der Waals surface area contributed by atoms with E-state index in [1.54, 1.807) is 0 Å². The number of hydrogen-bond donors (Lipinski definition) is 2. The topological polar surface area (TPSA) is 92.4 Å². The highest BCUT2D eigenvalue weighted by molar-refractivity contribution is 5.45. The molecule has 0 radical (unpaired) electrons. The SMILES string of the molecule is NNc1nc(N2CCCC2)nc(N2CC3CCC(C2)O3)n1. The highest BCUT2D eigenvalue weighted by atomic mass is 16.5. The van der Waals surface area contributed by atoms with Gasteiger partial charge in [0.1, 0.15) is 0 Å². The lowest BCUT2D eigenvalue weighted by Gasteiger charge is -2.32. The first-order chi connectivity index (χ1) is 10.3. The average molecular weight is 291 g/mol. The van der Waals surface area contributed by atoms with Gasteiger partial charge in [0.25, 0.3) is 0 Å². The van der Waals surface area contributed by atoms with Crippen LogP contribution in [0.25, 0.3) is 0 Å². The van der Waals surface area contributed by atoms with E-state index in [1.165, 1.54) is 12.8 Å². The molecule has 2 atom stereocenters. The molecule has 3 N–H and O–H groups in total. The number of hydrogen-bond acceptors (Lipinski definition) is 8. The van der Waals surface area contributed by atoms with Gasteiger partial charge in [-0.05, 0) is 25.7 Å². The summed E-state index contributed by atoms with van der Waals surface area (Å²) in [6.45, 7) is 3.71. The average Bonchev–Trinajstić information content (AvgIpc) is 3.16. The Labute approximate surface area is 123 Å². The highest BCUT2D eigenvalue weighted by Crippen LogP contribution is 2.29. The van der Waals surface area contributed by atoms with Crippen LogP contribution in [0, 0.1) is 0 Å². The highest BCUT2D eigenvalue weighted by Gasteiger charge is 2.35. The van der Waals surface area contributed by atoms with Gasteiger partial charge in [0.2, 0.25) is 17.8 Å². The molecule has 3 aliphatic rings. The maximum Gasteiger partial charge on any atom is 0.243 e. The van der Waals surface area contributed by atoms with E-state index in [0.29, 0.717) is 24.1 Å². The van der Waals surface area contributed by atoms with Gasteiger partial charge in [-0.3, -0.25) is 5.43 Å². The summed E-state index contributed by atoms with van der Waals surface area (Å²) in [5, 5.41) is 0. The first-order valence-electron chi connectivity index (χ1n) is 7.70. The van der Waals surface area contributed by atoms with Gasteiger partial charge in [0.05, 0.1) is 12.2 Å². The van der Waals surface area contributed by atoms with E-state index in [1.807, 2.05) is 0 Å². The van der Waals surface area contributed by atoms with E-state index >= 15 is 0 Å². The summed E-state index contributed by atoms with van der Waals surface area (Å²) < 4.78 is 5.87. The van der Waals surface area contributed by atoms with Gasteiger partial charge < -0.3 is 14.5 Å². The van der Waals surface area contributed by atoms with Crippen LogP contribution in [0.3, 0.4) is 0 Å². The Morgan fingerprint density at radius 3 is 2.19 bits per heavy atom. The van der Waals surface area contributed by atoms with Crippen molar-refractivity contribution in [3.63, 3.8) is 0 Å². The number of ether oxygens (including phenoxy) is 1. The van der Waals surface area contributed by atoms with Crippen molar-refractivity contribution in [1.82, 2.24) is 15.0 Å². The number of morpholine rings is 1. The number of rotatable bonds is 3. The van der Waals surface area contributed by atoms with Crippen molar-refractivity contribution in [2.45, 2.75) is 37.9 Å². The molecule has 3 aliphatic heterocycles. The van der Waals surface area contributed by atoms with Crippen molar-refractivity contribution in [1.29, 1.82) is 0 Å². The Balaban J connectivity index is 1.62. The third-order valence-electron chi connectivity index (χ3n) is 4.46. The molecule has 0 aliphatic carbocycles. The van der Waals surface area contributed by atoms with Crippen LogP contribution in [0.1, 0.15) is 25.7 Å². The van der Waals surface area contributed by atoms with E-state index < -0.39 is 0 Å². The zero-order valence-corrected chi connectivity index (χ0v) is 12.0. The molecule has 2 bridgehead atoms. The van der Waals surface area contributed by atoms with Gasteiger partial charge in [-0.25, -0.2) is 5.84 Å². The van der Waals surface area contributed by atoms with Gasteiger partial charge >= 0.3 is 0 Å². The van der Waals surface area contributed by atoms with Crippen LogP contribution in [-0.4, -0.2) is 53.3 Å². The van der Waals surface area contributed by atoms with E-state index in [9.17, 15) is 0 Å². The summed E-state index contributed by atoms with van der Waals surface area (Å²) in [6, 6.07) is 0. The van der Waals surface area contributed by atoms with Gasteiger partial charge in [-0.2, -0.15) is 15.0 Å². The van der Waals surface area contributed by atoms with Gasteiger partial charge in [-0.1, -0.05) is 0 Å². The predicted molar refractivity (Wildman–Crippen MR) is 79.2 cm³/mol. The molecule has 0 saturated carbocycles. The van der Waals surface area contributed by atoms with E-state index in [0.717, 1.165) is 45.0 Å². The Kier molecular flexibility index (Phi) is 3.27. The number of fused-ring (bicyclic) bond motifs is 2. The molecular formula is C13H21N7O. The number of nitrogen functional groups attached to an aromatic ring is 1. The van der Waals surface area contributed by atoms with Gasteiger partial charge in [-0.15, -0.1) is 0 Å². The molecule has 3 saturated heterocycles. The van der Waals surface area contributed by atoms with Crippen molar-refractivity contribution in [3.05, 3.63) is 0 Å². The lowest BCUT2D eigenvalue weighted by molar-refractivity contribution is 0.0299. The molecule has 4 rings (SSSR count). The van der Waals surface area contributed by atoms with Crippen molar-refractivity contribution in [3.8, 4) is 0 Å². The van der Waals surface area contributed by atoms with Crippen LogP contribution < -0.4 is 21.1 Å². The van der Waals surface area contributed by atoms with Crippen LogP contribution in [-0.2, 0) is 4.74 Å². The molecule has 0 aromatic carbocycles. The second kappa shape index (κ2) is 5.27. The summed E-state index contributed by atoms with van der Waals surface area (Å²) in [7, 11) is 0. The lowest BCUT2D eigenvalue weighted by Crippen LogP contribution is -2.43. The number of nitrogens with one attached hydrogen (secondary N) is 1. The first-order valence-corrected chi connectivity index (χ1v) is 7.70. The Morgan fingerprint density at radius 2 is 1.57 bits per heavy atom. The summed E-state index contributed by atoms with van der Waals surface area (Å²) in [5.74, 6) is 7.38. The molecule has 0 spiro atoms. The molecule has 1 aromatic heterocycles. The molecule has 3 fully saturated rings. The molecule has 0 amide bonds. The molecule has 21 heavy (non-hydrogen) atoms. The van der Waals surface area contributed by atoms with Gasteiger partial charge in [0.15, 0.2) is 0 Å². The molecule has 8 nitrogen and oxygen atoms in total. The summed E-state index contributed by atoms with van der Waals surface area (Å²) in [5.41, 5.74) is 2.56. The minimum Gasteiger partial charge on any atom is -0.371 e. The predicted octanol–water partition coefficient (Wildman–Crippen LogP) is 0.125.